The van der Waals surface area contributed by atoms with E-state index in [-0.39, 0.29) is 0 Å². The third-order valence-corrected chi connectivity index (χ3v) is 8.09. The molecule has 0 aliphatic carbocycles. The first-order valence-corrected chi connectivity index (χ1v) is 13.5. The number of anilines is 3. The third-order valence-electron chi connectivity index (χ3n) is 6.98. The van der Waals surface area contributed by atoms with Crippen molar-refractivity contribution in [1.29, 1.82) is 0 Å². The smallest absolute Gasteiger partial charge is 0.0554 e. The van der Waals surface area contributed by atoms with E-state index in [0.717, 1.165) is 11.4 Å². The van der Waals surface area contributed by atoms with Gasteiger partial charge in [0.2, 0.25) is 0 Å². The number of aromatic nitrogens is 1. The van der Waals surface area contributed by atoms with Crippen molar-refractivity contribution in [2.24, 2.45) is 0 Å². The second kappa shape index (κ2) is 9.62. The van der Waals surface area contributed by atoms with E-state index in [4.69, 9.17) is 0 Å². The van der Waals surface area contributed by atoms with E-state index in [9.17, 15) is 0 Å². The summed E-state index contributed by atoms with van der Waals surface area (Å²) in [6.45, 7) is 0. The fraction of sp³-hybridized carbons (Fsp3) is 0. The average Bonchev–Trinajstić information content (AvgIpc) is 3.38. The normalized spacial score (nSPS) is 11.2. The highest BCUT2D eigenvalue weighted by molar-refractivity contribution is 7.25. The molecule has 7 rings (SSSR count). The number of hydrogen-bond donors (Lipinski definition) is 0. The topological polar surface area (TPSA) is 16.1 Å². The first-order chi connectivity index (χ1) is 18.8. The van der Waals surface area contributed by atoms with Crippen LogP contribution in [-0.2, 0) is 0 Å². The molecule has 0 bridgehead atoms. The van der Waals surface area contributed by atoms with Crippen molar-refractivity contribution in [2.75, 3.05) is 4.90 Å². The van der Waals surface area contributed by atoms with Crippen molar-refractivity contribution < 1.29 is 0 Å². The number of rotatable bonds is 5. The lowest BCUT2D eigenvalue weighted by atomic mass is 10.00. The minimum Gasteiger partial charge on any atom is -0.310 e. The van der Waals surface area contributed by atoms with Crippen molar-refractivity contribution in [1.82, 2.24) is 4.98 Å². The minimum absolute atomic E-state index is 1.13. The summed E-state index contributed by atoms with van der Waals surface area (Å²) in [5.41, 5.74) is 8.31. The van der Waals surface area contributed by atoms with Gasteiger partial charge >= 0.3 is 0 Å². The summed E-state index contributed by atoms with van der Waals surface area (Å²) in [6, 6.07) is 47.5. The molecule has 0 N–H and O–H groups in total. The number of hydrogen-bond acceptors (Lipinski definition) is 3. The summed E-state index contributed by atoms with van der Waals surface area (Å²) in [6.07, 6.45) is 3.85. The van der Waals surface area contributed by atoms with Gasteiger partial charge in [0.25, 0.3) is 0 Å². The van der Waals surface area contributed by atoms with Crippen LogP contribution in [0.15, 0.2) is 146 Å². The Morgan fingerprint density at radius 1 is 0.474 bits per heavy atom. The fourth-order valence-corrected chi connectivity index (χ4v) is 6.23. The Kier molecular flexibility index (Phi) is 5.69. The molecule has 0 saturated carbocycles. The zero-order valence-corrected chi connectivity index (χ0v) is 21.5. The molecule has 0 fully saturated rings. The quantitative estimate of drug-likeness (QED) is 0.232. The van der Waals surface area contributed by atoms with Crippen molar-refractivity contribution >= 4 is 48.6 Å². The Balaban J connectivity index is 1.31. The monoisotopic (exact) mass is 504 g/mol. The predicted molar refractivity (Wildman–Crippen MR) is 163 cm³/mol. The molecule has 0 unspecified atom stereocenters. The molecule has 0 spiro atoms. The highest BCUT2D eigenvalue weighted by Crippen LogP contribution is 2.44. The van der Waals surface area contributed by atoms with E-state index in [1.54, 1.807) is 11.3 Å². The van der Waals surface area contributed by atoms with Crippen molar-refractivity contribution in [3.8, 4) is 22.3 Å². The Labute approximate surface area is 226 Å². The van der Waals surface area contributed by atoms with Crippen LogP contribution in [0.25, 0.3) is 42.4 Å². The summed E-state index contributed by atoms with van der Waals surface area (Å²) < 4.78 is 2.47. The lowest BCUT2D eigenvalue weighted by molar-refractivity contribution is 1.30. The molecule has 3 heteroatoms. The first-order valence-electron chi connectivity index (χ1n) is 12.7. The van der Waals surface area contributed by atoms with Crippen LogP contribution in [0.1, 0.15) is 0 Å². The van der Waals surface area contributed by atoms with Gasteiger partial charge in [0, 0.05) is 39.2 Å². The molecule has 2 nitrogen and oxygen atoms in total. The van der Waals surface area contributed by atoms with Crippen LogP contribution in [0.4, 0.5) is 17.1 Å². The van der Waals surface area contributed by atoms with Crippen LogP contribution >= 0.6 is 11.3 Å². The second-order valence-corrected chi connectivity index (χ2v) is 10.4. The molecule has 2 heterocycles. The molecule has 7 aromatic rings. The minimum atomic E-state index is 1.13. The Morgan fingerprint density at radius 3 is 1.74 bits per heavy atom. The number of para-hydroxylation sites is 1. The molecule has 5 aromatic carbocycles. The van der Waals surface area contributed by atoms with Gasteiger partial charge in [0.15, 0.2) is 0 Å². The van der Waals surface area contributed by atoms with Crippen molar-refractivity contribution in [3.05, 3.63) is 146 Å². The van der Waals surface area contributed by atoms with E-state index in [2.05, 4.69) is 143 Å². The number of pyridine rings is 1. The molecular formula is C35H24N2S. The van der Waals surface area contributed by atoms with Crippen LogP contribution in [-0.4, -0.2) is 4.98 Å². The Morgan fingerprint density at radius 2 is 1.05 bits per heavy atom. The van der Waals surface area contributed by atoms with Crippen LogP contribution in [0.5, 0.6) is 0 Å². The molecule has 38 heavy (non-hydrogen) atoms. The summed E-state index contributed by atoms with van der Waals surface area (Å²) in [7, 11) is 0. The lowest BCUT2D eigenvalue weighted by Gasteiger charge is -2.26. The fourth-order valence-electron chi connectivity index (χ4n) is 5.14. The van der Waals surface area contributed by atoms with Crippen LogP contribution in [0.2, 0.25) is 0 Å². The molecular weight excluding hydrogens is 480 g/mol. The summed E-state index contributed by atoms with van der Waals surface area (Å²) in [5.74, 6) is 0. The van der Waals surface area contributed by atoms with E-state index in [1.165, 1.54) is 48.1 Å². The molecule has 0 aliphatic rings. The van der Waals surface area contributed by atoms with Gasteiger partial charge in [-0.05, 0) is 64.7 Å². The molecule has 0 amide bonds. The van der Waals surface area contributed by atoms with Gasteiger partial charge < -0.3 is 4.90 Å². The van der Waals surface area contributed by atoms with Gasteiger partial charge in [-0.15, -0.1) is 11.3 Å². The molecule has 0 aliphatic heterocycles. The van der Waals surface area contributed by atoms with Gasteiger partial charge in [-0.3, -0.25) is 4.98 Å². The van der Waals surface area contributed by atoms with E-state index in [1.807, 2.05) is 12.4 Å². The molecule has 0 radical (unpaired) electrons. The molecule has 0 saturated heterocycles. The predicted octanol–water partition coefficient (Wildman–Crippen LogP) is 10.3. The number of nitrogens with zero attached hydrogens (tertiary/aromatic N) is 2. The third kappa shape index (κ3) is 4.03. The SMILES string of the molecule is c1ccc(-c2ccc(-c3ccc(N(c4ccccc4)c4cccc5sc6cnccc6c45)cc3)cc2)cc1. The van der Waals surface area contributed by atoms with E-state index in [0.29, 0.717) is 0 Å². The number of fused-ring (bicyclic) bond motifs is 3. The highest BCUT2D eigenvalue weighted by Gasteiger charge is 2.18. The van der Waals surface area contributed by atoms with Crippen LogP contribution in [0, 0.1) is 0 Å². The average molecular weight is 505 g/mol. The Hall–Kier alpha value is -4.73. The standard InChI is InChI=1S/C35H24N2S/c1-3-8-25(9-4-1)26-14-16-27(17-15-26)28-18-20-30(21-19-28)37(29-10-5-2-6-11-29)32-12-7-13-33-35(32)31-22-23-36-24-34(31)38-33/h1-24H. The van der Waals surface area contributed by atoms with E-state index < -0.39 is 0 Å². The zero-order chi connectivity index (χ0) is 25.3. The zero-order valence-electron chi connectivity index (χ0n) is 20.7. The number of benzene rings is 5. The van der Waals surface area contributed by atoms with Crippen molar-refractivity contribution in [3.63, 3.8) is 0 Å². The van der Waals surface area contributed by atoms with E-state index >= 15 is 0 Å². The van der Waals surface area contributed by atoms with Crippen molar-refractivity contribution in [2.45, 2.75) is 0 Å². The second-order valence-electron chi connectivity index (χ2n) is 9.29. The number of thiophene rings is 1. The molecule has 180 valence electrons. The maximum Gasteiger partial charge on any atom is 0.0554 e. The van der Waals surface area contributed by atoms with Gasteiger partial charge in [-0.25, -0.2) is 0 Å². The maximum absolute atomic E-state index is 4.36. The van der Waals surface area contributed by atoms with Crippen LogP contribution in [0.3, 0.4) is 0 Å². The lowest BCUT2D eigenvalue weighted by Crippen LogP contribution is -2.10. The van der Waals surface area contributed by atoms with Gasteiger partial charge in [-0.1, -0.05) is 91.0 Å². The summed E-state index contributed by atoms with van der Waals surface area (Å²) in [4.78, 5) is 6.72. The van der Waals surface area contributed by atoms with Gasteiger partial charge in [-0.2, -0.15) is 0 Å². The first kappa shape index (κ1) is 22.5. The largest absolute Gasteiger partial charge is 0.310 e. The highest BCUT2D eigenvalue weighted by atomic mass is 32.1. The van der Waals surface area contributed by atoms with Gasteiger partial charge in [0.1, 0.15) is 0 Å². The molecule has 0 atom stereocenters. The summed E-state index contributed by atoms with van der Waals surface area (Å²) >= 11 is 1.79. The Bertz CT molecular complexity index is 1840. The summed E-state index contributed by atoms with van der Waals surface area (Å²) in [5, 5.41) is 2.51. The maximum atomic E-state index is 4.36. The van der Waals surface area contributed by atoms with Crippen LogP contribution < -0.4 is 4.90 Å². The molecule has 2 aromatic heterocycles. The van der Waals surface area contributed by atoms with Gasteiger partial charge in [0.05, 0.1) is 10.4 Å².